The third-order valence-electron chi connectivity index (χ3n) is 2.53. The molecule has 0 spiro atoms. The summed E-state index contributed by atoms with van der Waals surface area (Å²) in [5, 5.41) is 8.86. The lowest BCUT2D eigenvalue weighted by atomic mass is 10.2. The fraction of sp³-hybridized carbons (Fsp3) is 0.500. The van der Waals surface area contributed by atoms with Crippen LogP contribution in [0.25, 0.3) is 0 Å². The molecule has 1 N–H and O–H groups in total. The molecule has 0 atom stereocenters. The SMILES string of the molecule is CC(C)CN(CC(=O)O)C(=O)c1cccc(OCC(F)(F)F)n1. The highest BCUT2D eigenvalue weighted by atomic mass is 19.4. The van der Waals surface area contributed by atoms with Crippen molar-refractivity contribution in [3.8, 4) is 5.88 Å². The highest BCUT2D eigenvalue weighted by molar-refractivity contribution is 5.94. The molecule has 0 unspecified atom stereocenters. The van der Waals surface area contributed by atoms with E-state index in [4.69, 9.17) is 5.11 Å². The van der Waals surface area contributed by atoms with E-state index >= 15 is 0 Å². The van der Waals surface area contributed by atoms with Crippen molar-refractivity contribution in [3.05, 3.63) is 23.9 Å². The van der Waals surface area contributed by atoms with E-state index in [-0.39, 0.29) is 24.0 Å². The largest absolute Gasteiger partial charge is 0.480 e. The predicted octanol–water partition coefficient (Wildman–Crippen LogP) is 2.21. The van der Waals surface area contributed by atoms with Gasteiger partial charge in [-0.2, -0.15) is 13.2 Å². The van der Waals surface area contributed by atoms with Crippen molar-refractivity contribution in [2.45, 2.75) is 20.0 Å². The van der Waals surface area contributed by atoms with E-state index in [0.717, 1.165) is 4.90 Å². The minimum Gasteiger partial charge on any atom is -0.480 e. The number of amides is 1. The Kier molecular flexibility index (Phi) is 6.35. The van der Waals surface area contributed by atoms with Crippen LogP contribution in [0.5, 0.6) is 5.88 Å². The number of rotatable bonds is 7. The summed E-state index contributed by atoms with van der Waals surface area (Å²) in [6.45, 7) is 1.74. The third-order valence-corrected chi connectivity index (χ3v) is 2.53. The summed E-state index contributed by atoms with van der Waals surface area (Å²) in [6.07, 6.45) is -4.52. The number of halogens is 3. The molecule has 0 bridgehead atoms. The van der Waals surface area contributed by atoms with Gasteiger partial charge in [0.2, 0.25) is 5.88 Å². The van der Waals surface area contributed by atoms with Crippen molar-refractivity contribution < 1.29 is 32.6 Å². The minimum atomic E-state index is -4.52. The Hall–Kier alpha value is -2.32. The molecule has 128 valence electrons. The van der Waals surface area contributed by atoms with Gasteiger partial charge < -0.3 is 14.7 Å². The molecule has 0 aliphatic carbocycles. The zero-order chi connectivity index (χ0) is 17.6. The first kappa shape index (κ1) is 18.7. The summed E-state index contributed by atoms with van der Waals surface area (Å²) in [7, 11) is 0. The molecule has 0 fully saturated rings. The van der Waals surface area contributed by atoms with Crippen LogP contribution in [-0.2, 0) is 4.79 Å². The number of pyridine rings is 1. The summed E-state index contributed by atoms with van der Waals surface area (Å²) in [5.74, 6) is -2.21. The second kappa shape index (κ2) is 7.80. The first-order valence-electron chi connectivity index (χ1n) is 6.76. The summed E-state index contributed by atoms with van der Waals surface area (Å²) in [6, 6.07) is 3.80. The molecule has 0 aromatic carbocycles. The van der Waals surface area contributed by atoms with Crippen LogP contribution < -0.4 is 4.74 Å². The lowest BCUT2D eigenvalue weighted by molar-refractivity contribution is -0.154. The number of ether oxygens (including phenoxy) is 1. The van der Waals surface area contributed by atoms with E-state index in [0.29, 0.717) is 0 Å². The van der Waals surface area contributed by atoms with Gasteiger partial charge in [-0.15, -0.1) is 0 Å². The van der Waals surface area contributed by atoms with Crippen LogP contribution >= 0.6 is 0 Å². The second-order valence-electron chi connectivity index (χ2n) is 5.24. The molecule has 1 aromatic heterocycles. The van der Waals surface area contributed by atoms with E-state index in [1.165, 1.54) is 18.2 Å². The molecule has 1 heterocycles. The molecule has 0 aliphatic rings. The lowest BCUT2D eigenvalue weighted by Crippen LogP contribution is -2.38. The van der Waals surface area contributed by atoms with Gasteiger partial charge in [0.25, 0.3) is 5.91 Å². The Morgan fingerprint density at radius 3 is 2.52 bits per heavy atom. The van der Waals surface area contributed by atoms with Crippen LogP contribution in [0.3, 0.4) is 0 Å². The summed E-state index contributed by atoms with van der Waals surface area (Å²) in [5.41, 5.74) is -0.174. The number of aliphatic carboxylic acids is 1. The Labute approximate surface area is 130 Å². The van der Waals surface area contributed by atoms with Crippen LogP contribution in [0.1, 0.15) is 24.3 Å². The monoisotopic (exact) mass is 334 g/mol. The highest BCUT2D eigenvalue weighted by Gasteiger charge is 2.29. The molecule has 1 amide bonds. The molecule has 0 saturated heterocycles. The topological polar surface area (TPSA) is 79.7 Å². The average molecular weight is 334 g/mol. The molecule has 6 nitrogen and oxygen atoms in total. The van der Waals surface area contributed by atoms with Crippen LogP contribution in [0.4, 0.5) is 13.2 Å². The van der Waals surface area contributed by atoms with Gasteiger partial charge in [-0.1, -0.05) is 19.9 Å². The maximum atomic E-state index is 12.3. The number of carbonyl (C=O) groups is 2. The molecule has 0 aliphatic heterocycles. The third kappa shape index (κ3) is 6.98. The van der Waals surface area contributed by atoms with Gasteiger partial charge in [0.15, 0.2) is 6.61 Å². The Morgan fingerprint density at radius 2 is 2.00 bits per heavy atom. The molecular weight excluding hydrogens is 317 g/mol. The van der Waals surface area contributed by atoms with Crippen molar-refractivity contribution in [2.75, 3.05) is 19.7 Å². The quantitative estimate of drug-likeness (QED) is 0.827. The molecule has 0 radical (unpaired) electrons. The number of carbonyl (C=O) groups excluding carboxylic acids is 1. The van der Waals surface area contributed by atoms with Gasteiger partial charge in [0.05, 0.1) is 0 Å². The van der Waals surface area contributed by atoms with Crippen LogP contribution in [0.2, 0.25) is 0 Å². The smallest absolute Gasteiger partial charge is 0.422 e. The number of hydrogen-bond acceptors (Lipinski definition) is 4. The number of carboxylic acid groups (broad SMARTS) is 1. The van der Waals surface area contributed by atoms with Crippen molar-refractivity contribution in [2.24, 2.45) is 5.92 Å². The number of aromatic nitrogens is 1. The molecule has 23 heavy (non-hydrogen) atoms. The maximum Gasteiger partial charge on any atom is 0.422 e. The lowest BCUT2D eigenvalue weighted by Gasteiger charge is -2.22. The number of alkyl halides is 3. The van der Waals surface area contributed by atoms with Crippen molar-refractivity contribution in [1.82, 2.24) is 9.88 Å². The van der Waals surface area contributed by atoms with E-state index in [9.17, 15) is 22.8 Å². The zero-order valence-corrected chi connectivity index (χ0v) is 12.6. The van der Waals surface area contributed by atoms with Crippen molar-refractivity contribution in [1.29, 1.82) is 0 Å². The zero-order valence-electron chi connectivity index (χ0n) is 12.6. The fourth-order valence-electron chi connectivity index (χ4n) is 1.76. The molecule has 1 aromatic rings. The minimum absolute atomic E-state index is 0.0166. The normalized spacial score (nSPS) is 11.4. The van der Waals surface area contributed by atoms with Crippen LogP contribution in [0, 0.1) is 5.92 Å². The van der Waals surface area contributed by atoms with Gasteiger partial charge in [-0.05, 0) is 12.0 Å². The number of nitrogens with zero attached hydrogens (tertiary/aromatic N) is 2. The van der Waals surface area contributed by atoms with E-state index in [1.807, 2.05) is 0 Å². The van der Waals surface area contributed by atoms with E-state index in [2.05, 4.69) is 9.72 Å². The fourth-order valence-corrected chi connectivity index (χ4v) is 1.76. The standard InChI is InChI=1S/C14H17F3N2O4/c1-9(2)6-19(7-12(20)21)13(22)10-4-3-5-11(18-10)23-8-14(15,16)17/h3-5,9H,6-8H2,1-2H3,(H,20,21). The number of hydrogen-bond donors (Lipinski definition) is 1. The average Bonchev–Trinajstić information content (AvgIpc) is 2.42. The highest BCUT2D eigenvalue weighted by Crippen LogP contribution is 2.17. The van der Waals surface area contributed by atoms with Gasteiger partial charge in [0, 0.05) is 12.6 Å². The van der Waals surface area contributed by atoms with Crippen LogP contribution in [0.15, 0.2) is 18.2 Å². The van der Waals surface area contributed by atoms with Crippen LogP contribution in [-0.4, -0.2) is 52.7 Å². The second-order valence-corrected chi connectivity index (χ2v) is 5.24. The summed E-state index contributed by atoms with van der Waals surface area (Å²) < 4.78 is 40.8. The molecular formula is C14H17F3N2O4. The Bertz CT molecular complexity index is 561. The van der Waals surface area contributed by atoms with Crippen molar-refractivity contribution >= 4 is 11.9 Å². The Morgan fingerprint density at radius 1 is 1.35 bits per heavy atom. The molecule has 0 saturated carbocycles. The van der Waals surface area contributed by atoms with Gasteiger partial charge in [0.1, 0.15) is 12.2 Å². The summed E-state index contributed by atoms with van der Waals surface area (Å²) in [4.78, 5) is 27.9. The van der Waals surface area contributed by atoms with E-state index in [1.54, 1.807) is 13.8 Å². The van der Waals surface area contributed by atoms with E-state index < -0.39 is 31.2 Å². The first-order valence-corrected chi connectivity index (χ1v) is 6.76. The molecule has 1 rings (SSSR count). The summed E-state index contributed by atoms with van der Waals surface area (Å²) >= 11 is 0. The van der Waals surface area contributed by atoms with Gasteiger partial charge in [-0.3, -0.25) is 9.59 Å². The van der Waals surface area contributed by atoms with Crippen molar-refractivity contribution in [3.63, 3.8) is 0 Å². The number of carboxylic acids is 1. The first-order chi connectivity index (χ1) is 10.6. The molecule has 9 heteroatoms. The van der Waals surface area contributed by atoms with Gasteiger partial charge in [-0.25, -0.2) is 4.98 Å². The predicted molar refractivity (Wildman–Crippen MR) is 74.2 cm³/mol. The maximum absolute atomic E-state index is 12.3. The van der Waals surface area contributed by atoms with Gasteiger partial charge >= 0.3 is 12.1 Å². The Balaban J connectivity index is 2.90.